The minimum absolute atomic E-state index is 0.0752. The number of aliphatic carboxylic acids is 1. The maximum Gasteiger partial charge on any atom is 0.303 e. The van der Waals surface area contributed by atoms with Crippen LogP contribution in [0.15, 0.2) is 30.5 Å². The van der Waals surface area contributed by atoms with Crippen LogP contribution in [0.25, 0.3) is 0 Å². The van der Waals surface area contributed by atoms with Crippen LogP contribution >= 0.6 is 0 Å². The Hall–Kier alpha value is -2.63. The fraction of sp³-hybridized carbons (Fsp3) is 0.450. The average molecular weight is 355 g/mol. The van der Waals surface area contributed by atoms with Crippen LogP contribution in [0, 0.1) is 0 Å². The lowest BCUT2D eigenvalue weighted by molar-refractivity contribution is -0.136. The van der Waals surface area contributed by atoms with E-state index in [-0.39, 0.29) is 12.3 Å². The normalized spacial score (nSPS) is 15.0. The summed E-state index contributed by atoms with van der Waals surface area (Å²) >= 11 is 0. The Balaban J connectivity index is 1.74. The predicted octanol–water partition coefficient (Wildman–Crippen LogP) is 3.74. The Kier molecular flexibility index (Phi) is 5.71. The molecule has 26 heavy (non-hydrogen) atoms. The number of aryl methyl sites for hydroxylation is 2. The van der Waals surface area contributed by atoms with Gasteiger partial charge in [-0.1, -0.05) is 31.4 Å². The third kappa shape index (κ3) is 4.50. The van der Waals surface area contributed by atoms with Gasteiger partial charge in [0.2, 0.25) is 0 Å². The fourth-order valence-corrected chi connectivity index (χ4v) is 3.61. The number of anilines is 1. The molecule has 2 aromatic rings. The van der Waals surface area contributed by atoms with Crippen LogP contribution in [0.5, 0.6) is 0 Å². The first-order valence-corrected chi connectivity index (χ1v) is 9.18. The molecule has 6 nitrogen and oxygen atoms in total. The van der Waals surface area contributed by atoms with Crippen LogP contribution in [0.3, 0.4) is 0 Å². The van der Waals surface area contributed by atoms with Crippen molar-refractivity contribution < 1.29 is 14.7 Å². The van der Waals surface area contributed by atoms with Crippen LogP contribution in [-0.4, -0.2) is 26.8 Å². The van der Waals surface area contributed by atoms with Gasteiger partial charge in [-0.25, -0.2) is 0 Å². The first-order valence-electron chi connectivity index (χ1n) is 9.18. The van der Waals surface area contributed by atoms with E-state index in [2.05, 4.69) is 10.4 Å². The molecule has 1 amide bonds. The topological polar surface area (TPSA) is 84.2 Å². The van der Waals surface area contributed by atoms with Crippen molar-refractivity contribution in [2.24, 2.45) is 7.05 Å². The average Bonchev–Trinajstić information content (AvgIpc) is 3.03. The van der Waals surface area contributed by atoms with Crippen molar-refractivity contribution in [3.05, 3.63) is 47.3 Å². The second-order valence-electron chi connectivity index (χ2n) is 6.98. The van der Waals surface area contributed by atoms with Gasteiger partial charge in [-0.15, -0.1) is 0 Å². The maximum atomic E-state index is 12.8. The Morgan fingerprint density at radius 2 is 2.04 bits per heavy atom. The molecule has 0 spiro atoms. The molecule has 1 aromatic carbocycles. The van der Waals surface area contributed by atoms with Crippen molar-refractivity contribution in [3.63, 3.8) is 0 Å². The molecule has 1 saturated carbocycles. The standard InChI is InChI=1S/C20H25N3O3/c1-23-13-17(19(22-23)15-7-3-2-4-8-15)20(26)21-16-9-5-6-14(12-16)10-11-18(24)25/h5-6,9,12-13,15H,2-4,7-8,10-11H2,1H3,(H,21,26)(H,24,25). The van der Waals surface area contributed by atoms with Gasteiger partial charge in [0.1, 0.15) is 0 Å². The zero-order valence-corrected chi connectivity index (χ0v) is 15.1. The molecule has 1 aliphatic carbocycles. The predicted molar refractivity (Wildman–Crippen MR) is 99.4 cm³/mol. The van der Waals surface area contributed by atoms with E-state index < -0.39 is 5.97 Å². The van der Waals surface area contributed by atoms with E-state index in [1.807, 2.05) is 31.3 Å². The molecule has 0 aliphatic heterocycles. The highest BCUT2D eigenvalue weighted by Crippen LogP contribution is 2.33. The van der Waals surface area contributed by atoms with Crippen molar-refractivity contribution in [2.45, 2.75) is 50.9 Å². The van der Waals surface area contributed by atoms with E-state index in [0.29, 0.717) is 23.6 Å². The van der Waals surface area contributed by atoms with Crippen molar-refractivity contribution in [2.75, 3.05) is 5.32 Å². The van der Waals surface area contributed by atoms with Gasteiger partial charge < -0.3 is 10.4 Å². The van der Waals surface area contributed by atoms with Gasteiger partial charge in [-0.2, -0.15) is 5.10 Å². The maximum absolute atomic E-state index is 12.8. The van der Waals surface area contributed by atoms with E-state index in [4.69, 9.17) is 5.11 Å². The number of carbonyl (C=O) groups excluding carboxylic acids is 1. The highest BCUT2D eigenvalue weighted by Gasteiger charge is 2.25. The summed E-state index contributed by atoms with van der Waals surface area (Å²) in [5, 5.41) is 16.3. The second kappa shape index (κ2) is 8.17. The van der Waals surface area contributed by atoms with Crippen molar-refractivity contribution in [1.29, 1.82) is 0 Å². The molecule has 3 rings (SSSR count). The summed E-state index contributed by atoms with van der Waals surface area (Å²) in [6, 6.07) is 7.35. The number of rotatable bonds is 6. The molecule has 1 fully saturated rings. The van der Waals surface area contributed by atoms with E-state index in [0.717, 1.165) is 24.1 Å². The monoisotopic (exact) mass is 355 g/mol. The molecule has 0 saturated heterocycles. The van der Waals surface area contributed by atoms with Gasteiger partial charge in [-0.3, -0.25) is 14.3 Å². The quantitative estimate of drug-likeness (QED) is 0.827. The second-order valence-corrected chi connectivity index (χ2v) is 6.98. The summed E-state index contributed by atoms with van der Waals surface area (Å²) in [6.07, 6.45) is 8.11. The van der Waals surface area contributed by atoms with Crippen molar-refractivity contribution >= 4 is 17.6 Å². The zero-order valence-electron chi connectivity index (χ0n) is 15.1. The smallest absolute Gasteiger partial charge is 0.303 e. The first-order chi connectivity index (χ1) is 12.5. The number of carbonyl (C=O) groups is 2. The fourth-order valence-electron chi connectivity index (χ4n) is 3.61. The molecule has 0 bridgehead atoms. The largest absolute Gasteiger partial charge is 0.481 e. The lowest BCUT2D eigenvalue weighted by atomic mass is 9.85. The van der Waals surface area contributed by atoms with E-state index in [9.17, 15) is 9.59 Å². The molecular formula is C20H25N3O3. The molecule has 0 radical (unpaired) electrons. The molecule has 0 unspecified atom stereocenters. The van der Waals surface area contributed by atoms with Gasteiger partial charge >= 0.3 is 5.97 Å². The number of nitrogens with zero attached hydrogens (tertiary/aromatic N) is 2. The lowest BCUT2D eigenvalue weighted by Crippen LogP contribution is -2.16. The third-order valence-electron chi connectivity index (χ3n) is 4.91. The molecule has 0 atom stereocenters. The number of nitrogens with one attached hydrogen (secondary N) is 1. The van der Waals surface area contributed by atoms with Crippen LogP contribution in [0.4, 0.5) is 5.69 Å². The van der Waals surface area contributed by atoms with Crippen molar-refractivity contribution in [3.8, 4) is 0 Å². The number of carboxylic acids is 1. The molecule has 138 valence electrons. The minimum Gasteiger partial charge on any atom is -0.481 e. The van der Waals surface area contributed by atoms with Crippen LogP contribution in [-0.2, 0) is 18.3 Å². The number of hydrogen-bond donors (Lipinski definition) is 2. The van der Waals surface area contributed by atoms with Gasteiger partial charge in [0.05, 0.1) is 11.3 Å². The summed E-state index contributed by atoms with van der Waals surface area (Å²) < 4.78 is 1.71. The van der Waals surface area contributed by atoms with Crippen LogP contribution in [0.1, 0.15) is 66.1 Å². The van der Waals surface area contributed by atoms with Gasteiger partial charge in [0.15, 0.2) is 0 Å². The minimum atomic E-state index is -0.827. The molecule has 1 aliphatic rings. The third-order valence-corrected chi connectivity index (χ3v) is 4.91. The number of amides is 1. The Morgan fingerprint density at radius 3 is 2.77 bits per heavy atom. The summed E-state index contributed by atoms with van der Waals surface area (Å²) in [6.45, 7) is 0. The summed E-state index contributed by atoms with van der Waals surface area (Å²) in [5.41, 5.74) is 3.10. The Bertz CT molecular complexity index is 791. The number of carboxylic acid groups (broad SMARTS) is 1. The van der Waals surface area contributed by atoms with E-state index in [1.165, 1.54) is 19.3 Å². The van der Waals surface area contributed by atoms with Gasteiger partial charge in [0, 0.05) is 31.3 Å². The molecule has 1 heterocycles. The number of benzene rings is 1. The number of hydrogen-bond acceptors (Lipinski definition) is 3. The van der Waals surface area contributed by atoms with Crippen LogP contribution in [0.2, 0.25) is 0 Å². The summed E-state index contributed by atoms with van der Waals surface area (Å²) in [4.78, 5) is 23.5. The molecule has 6 heteroatoms. The van der Waals surface area contributed by atoms with E-state index >= 15 is 0 Å². The lowest BCUT2D eigenvalue weighted by Gasteiger charge is -2.20. The SMILES string of the molecule is Cn1cc(C(=O)Nc2cccc(CCC(=O)O)c2)c(C2CCCCC2)n1. The number of aromatic nitrogens is 2. The highest BCUT2D eigenvalue weighted by atomic mass is 16.4. The molecule has 2 N–H and O–H groups in total. The zero-order chi connectivity index (χ0) is 18.5. The highest BCUT2D eigenvalue weighted by molar-refractivity contribution is 6.05. The summed E-state index contributed by atoms with van der Waals surface area (Å²) in [7, 11) is 1.84. The van der Waals surface area contributed by atoms with Gasteiger partial charge in [0.25, 0.3) is 5.91 Å². The summed E-state index contributed by atoms with van der Waals surface area (Å²) in [5.74, 6) is -0.631. The first kappa shape index (κ1) is 18.2. The Morgan fingerprint density at radius 1 is 1.27 bits per heavy atom. The van der Waals surface area contributed by atoms with Gasteiger partial charge in [-0.05, 0) is 37.0 Å². The molecular weight excluding hydrogens is 330 g/mol. The molecule has 1 aromatic heterocycles. The van der Waals surface area contributed by atoms with E-state index in [1.54, 1.807) is 10.9 Å². The van der Waals surface area contributed by atoms with Crippen LogP contribution < -0.4 is 5.32 Å². The Labute approximate surface area is 153 Å². The van der Waals surface area contributed by atoms with Crippen molar-refractivity contribution in [1.82, 2.24) is 9.78 Å².